The number of aromatic nitrogens is 3. The van der Waals surface area contributed by atoms with Gasteiger partial charge in [0.15, 0.2) is 11.5 Å². The van der Waals surface area contributed by atoms with Crippen LogP contribution in [0.4, 0.5) is 0 Å². The molecule has 9 nitrogen and oxygen atoms in total. The molecular weight excluding hydrogens is 484 g/mol. The molecule has 3 heterocycles. The van der Waals surface area contributed by atoms with E-state index in [-0.39, 0.29) is 24.1 Å². The highest BCUT2D eigenvalue weighted by molar-refractivity contribution is 5.83. The Kier molecular flexibility index (Phi) is 7.65. The first kappa shape index (κ1) is 25.4. The second-order valence-electron chi connectivity index (χ2n) is 9.29. The molecule has 1 aliphatic heterocycles. The third-order valence-corrected chi connectivity index (χ3v) is 6.57. The highest BCUT2D eigenvalue weighted by atomic mass is 16.6. The van der Waals surface area contributed by atoms with Crippen LogP contribution in [0.5, 0.6) is 11.5 Å². The third kappa shape index (κ3) is 5.68. The van der Waals surface area contributed by atoms with Crippen LogP contribution in [-0.2, 0) is 29.2 Å². The summed E-state index contributed by atoms with van der Waals surface area (Å²) in [6.07, 6.45) is 4.25. The minimum Gasteiger partial charge on any atom is -0.493 e. The molecule has 2 aromatic carbocycles. The van der Waals surface area contributed by atoms with Crippen LogP contribution in [0.2, 0.25) is 0 Å². The van der Waals surface area contributed by atoms with Crippen LogP contribution in [0.25, 0.3) is 10.8 Å². The highest BCUT2D eigenvalue weighted by Crippen LogP contribution is 2.31. The fraction of sp³-hybridized carbons (Fsp3) is 0.310. The molecule has 0 radical (unpaired) electrons. The maximum atomic E-state index is 13.6. The Bertz CT molecular complexity index is 1480. The summed E-state index contributed by atoms with van der Waals surface area (Å²) in [4.78, 5) is 32.6. The van der Waals surface area contributed by atoms with Crippen molar-refractivity contribution in [3.63, 3.8) is 0 Å². The van der Waals surface area contributed by atoms with Gasteiger partial charge < -0.3 is 19.1 Å². The van der Waals surface area contributed by atoms with E-state index in [2.05, 4.69) is 10.1 Å². The quantitative estimate of drug-likeness (QED) is 0.337. The van der Waals surface area contributed by atoms with Crippen molar-refractivity contribution in [2.75, 3.05) is 20.3 Å². The van der Waals surface area contributed by atoms with Gasteiger partial charge in [0.1, 0.15) is 12.6 Å². The molecule has 5 rings (SSSR count). The largest absolute Gasteiger partial charge is 0.493 e. The Morgan fingerprint density at radius 2 is 1.89 bits per heavy atom. The summed E-state index contributed by atoms with van der Waals surface area (Å²) in [6.45, 7) is 3.53. The number of fused-ring (bicyclic) bond motifs is 1. The van der Waals surface area contributed by atoms with Crippen molar-refractivity contribution in [1.29, 1.82) is 0 Å². The van der Waals surface area contributed by atoms with Gasteiger partial charge in [-0.2, -0.15) is 5.10 Å². The fourth-order valence-electron chi connectivity index (χ4n) is 4.60. The average molecular weight is 515 g/mol. The molecule has 1 aliphatic rings. The summed E-state index contributed by atoms with van der Waals surface area (Å²) in [5.41, 5.74) is 2.15. The zero-order valence-electron chi connectivity index (χ0n) is 21.5. The van der Waals surface area contributed by atoms with E-state index in [1.165, 1.54) is 4.68 Å². The number of ether oxygens (including phenoxy) is 3. The van der Waals surface area contributed by atoms with Crippen LogP contribution in [0.15, 0.2) is 71.8 Å². The second kappa shape index (κ2) is 11.4. The Labute approximate surface area is 220 Å². The molecule has 1 saturated heterocycles. The lowest BCUT2D eigenvalue weighted by atomic mass is 10.1. The summed E-state index contributed by atoms with van der Waals surface area (Å²) < 4.78 is 18.3. The van der Waals surface area contributed by atoms with E-state index in [0.717, 1.165) is 22.9 Å². The van der Waals surface area contributed by atoms with Crippen molar-refractivity contribution in [2.24, 2.45) is 0 Å². The van der Waals surface area contributed by atoms with Crippen LogP contribution in [0.3, 0.4) is 0 Å². The van der Waals surface area contributed by atoms with Crippen LogP contribution in [0, 0.1) is 6.92 Å². The molecule has 0 N–H and O–H groups in total. The van der Waals surface area contributed by atoms with Crippen molar-refractivity contribution in [3.05, 3.63) is 94.2 Å². The molecule has 4 aromatic rings. The first-order valence-electron chi connectivity index (χ1n) is 12.6. The van der Waals surface area contributed by atoms with Gasteiger partial charge in [-0.1, -0.05) is 30.3 Å². The number of benzene rings is 2. The third-order valence-electron chi connectivity index (χ3n) is 6.57. The van der Waals surface area contributed by atoms with Crippen molar-refractivity contribution in [2.45, 2.75) is 39.1 Å². The van der Waals surface area contributed by atoms with E-state index in [9.17, 15) is 9.59 Å². The van der Waals surface area contributed by atoms with Gasteiger partial charge in [-0.05, 0) is 42.3 Å². The molecule has 0 spiro atoms. The van der Waals surface area contributed by atoms with Crippen molar-refractivity contribution < 1.29 is 19.0 Å². The van der Waals surface area contributed by atoms with E-state index in [0.29, 0.717) is 48.9 Å². The molecule has 2 aromatic heterocycles. The summed E-state index contributed by atoms with van der Waals surface area (Å²) in [5.74, 6) is 0.992. The molecule has 38 heavy (non-hydrogen) atoms. The predicted molar refractivity (Wildman–Crippen MR) is 142 cm³/mol. The standard InChI is InChI=1S/C29H30N4O5/c1-20-24-7-3-4-8-25(24)29(35)33(31-20)18-28(34)32(17-22-6-5-12-30-15-22)16-21-9-10-26(27(14-21)36-2)38-23-11-13-37-19-23/h3-10,12,14-15,23H,11,13,16-19H2,1-2H3. The van der Waals surface area contributed by atoms with Crippen LogP contribution >= 0.6 is 0 Å². The van der Waals surface area contributed by atoms with Gasteiger partial charge in [-0.15, -0.1) is 0 Å². The van der Waals surface area contributed by atoms with Crippen LogP contribution < -0.4 is 15.0 Å². The number of aryl methyl sites for hydroxylation is 1. The van der Waals surface area contributed by atoms with Gasteiger partial charge in [-0.3, -0.25) is 14.6 Å². The van der Waals surface area contributed by atoms with Crippen LogP contribution in [0.1, 0.15) is 23.2 Å². The smallest absolute Gasteiger partial charge is 0.275 e. The van der Waals surface area contributed by atoms with Gasteiger partial charge in [0, 0.05) is 37.3 Å². The number of pyridine rings is 1. The minimum absolute atomic E-state index is 0.00497. The van der Waals surface area contributed by atoms with Gasteiger partial charge >= 0.3 is 0 Å². The number of rotatable bonds is 9. The number of carbonyl (C=O) groups excluding carboxylic acids is 1. The van der Waals surface area contributed by atoms with Crippen LogP contribution in [-0.4, -0.2) is 52.0 Å². The maximum Gasteiger partial charge on any atom is 0.275 e. The molecule has 9 heteroatoms. The summed E-state index contributed by atoms with van der Waals surface area (Å²) in [7, 11) is 1.59. The molecule has 0 bridgehead atoms. The van der Waals surface area contributed by atoms with Crippen molar-refractivity contribution in [3.8, 4) is 11.5 Å². The van der Waals surface area contributed by atoms with Crippen molar-refractivity contribution in [1.82, 2.24) is 19.7 Å². The highest BCUT2D eigenvalue weighted by Gasteiger charge is 2.21. The first-order valence-corrected chi connectivity index (χ1v) is 12.6. The number of nitrogens with zero attached hydrogens (tertiary/aromatic N) is 4. The average Bonchev–Trinajstić information content (AvgIpc) is 3.46. The van der Waals surface area contributed by atoms with E-state index in [1.54, 1.807) is 30.5 Å². The Hall–Kier alpha value is -4.24. The van der Waals surface area contributed by atoms with E-state index in [1.807, 2.05) is 55.5 Å². The minimum atomic E-state index is -0.292. The van der Waals surface area contributed by atoms with Gasteiger partial charge in [0.2, 0.25) is 5.91 Å². The molecule has 1 unspecified atom stereocenters. The number of hydrogen-bond donors (Lipinski definition) is 0. The number of methoxy groups -OCH3 is 1. The summed E-state index contributed by atoms with van der Waals surface area (Å²) in [5, 5.41) is 5.75. The zero-order valence-corrected chi connectivity index (χ0v) is 21.5. The maximum absolute atomic E-state index is 13.6. The summed E-state index contributed by atoms with van der Waals surface area (Å²) in [6, 6.07) is 16.7. The fourth-order valence-corrected chi connectivity index (χ4v) is 4.60. The predicted octanol–water partition coefficient (Wildman–Crippen LogP) is 3.51. The molecule has 1 amide bonds. The lowest BCUT2D eigenvalue weighted by Crippen LogP contribution is -2.37. The molecule has 1 atom stereocenters. The van der Waals surface area contributed by atoms with Crippen molar-refractivity contribution >= 4 is 16.7 Å². The lowest BCUT2D eigenvalue weighted by molar-refractivity contribution is -0.133. The Morgan fingerprint density at radius 3 is 2.63 bits per heavy atom. The summed E-state index contributed by atoms with van der Waals surface area (Å²) >= 11 is 0. The van der Waals surface area contributed by atoms with E-state index < -0.39 is 0 Å². The van der Waals surface area contributed by atoms with Gasteiger partial charge in [0.05, 0.1) is 31.4 Å². The molecule has 196 valence electrons. The normalized spacial score (nSPS) is 14.9. The molecule has 0 aliphatic carbocycles. The topological polar surface area (TPSA) is 95.8 Å². The SMILES string of the molecule is COc1cc(CN(Cc2cccnc2)C(=O)Cn2nc(C)c3ccccc3c2=O)ccc1OC1CCOC1. The number of amides is 1. The van der Waals surface area contributed by atoms with E-state index >= 15 is 0 Å². The van der Waals surface area contributed by atoms with Gasteiger partial charge in [-0.25, -0.2) is 4.68 Å². The van der Waals surface area contributed by atoms with E-state index in [4.69, 9.17) is 14.2 Å². The Balaban J connectivity index is 1.41. The monoisotopic (exact) mass is 514 g/mol. The zero-order chi connectivity index (χ0) is 26.5. The lowest BCUT2D eigenvalue weighted by Gasteiger charge is -2.24. The molecular formula is C29H30N4O5. The number of carbonyl (C=O) groups is 1. The Morgan fingerprint density at radius 1 is 1.08 bits per heavy atom. The second-order valence-corrected chi connectivity index (χ2v) is 9.29. The first-order chi connectivity index (χ1) is 18.5. The number of hydrogen-bond acceptors (Lipinski definition) is 7. The molecule has 0 saturated carbocycles. The molecule has 1 fully saturated rings. The van der Waals surface area contributed by atoms with Gasteiger partial charge in [0.25, 0.3) is 5.56 Å².